The van der Waals surface area contributed by atoms with Crippen LogP contribution in [0.5, 0.6) is 0 Å². The van der Waals surface area contributed by atoms with E-state index in [4.69, 9.17) is 0 Å². The molecular weight excluding hydrogens is 316 g/mol. The van der Waals surface area contributed by atoms with Gasteiger partial charge in [-0.15, -0.1) is 0 Å². The molecule has 124 valence electrons. The number of fused-ring (bicyclic) bond motifs is 1. The number of hydrogen-bond acceptors (Lipinski definition) is 4. The summed E-state index contributed by atoms with van der Waals surface area (Å²) in [5.74, 6) is 0.989. The predicted molar refractivity (Wildman–Crippen MR) is 94.4 cm³/mol. The Hall–Kier alpha value is -3.48. The van der Waals surface area contributed by atoms with Gasteiger partial charge in [0.25, 0.3) is 0 Å². The molecule has 0 saturated carbocycles. The first-order valence-electron chi connectivity index (χ1n) is 7.84. The second-order valence-electron chi connectivity index (χ2n) is 5.74. The summed E-state index contributed by atoms with van der Waals surface area (Å²) >= 11 is 0. The minimum absolute atomic E-state index is 0.119. The Morgan fingerprint density at radius 1 is 1.24 bits per heavy atom. The fraction of sp³-hybridized carbons (Fsp3) is 0.111. The predicted octanol–water partition coefficient (Wildman–Crippen LogP) is 2.34. The summed E-state index contributed by atoms with van der Waals surface area (Å²) in [5, 5.41) is 3.92. The van der Waals surface area contributed by atoms with Crippen molar-refractivity contribution >= 4 is 22.6 Å². The molecule has 0 saturated heterocycles. The van der Waals surface area contributed by atoms with Crippen LogP contribution in [-0.2, 0) is 18.3 Å². The first kappa shape index (κ1) is 15.1. The number of imidazole rings is 1. The van der Waals surface area contributed by atoms with Gasteiger partial charge in [0.2, 0.25) is 5.91 Å². The van der Waals surface area contributed by atoms with E-state index in [1.54, 1.807) is 29.4 Å². The molecule has 1 amide bonds. The molecular formula is C18H16N6O. The van der Waals surface area contributed by atoms with Crippen LogP contribution in [0.15, 0.2) is 61.6 Å². The minimum atomic E-state index is -0.119. The third-order valence-corrected chi connectivity index (χ3v) is 4.02. The van der Waals surface area contributed by atoms with Gasteiger partial charge in [-0.05, 0) is 11.6 Å². The van der Waals surface area contributed by atoms with Crippen molar-refractivity contribution in [2.24, 2.45) is 7.05 Å². The molecule has 3 heterocycles. The highest BCUT2D eigenvalue weighted by Crippen LogP contribution is 2.21. The van der Waals surface area contributed by atoms with Gasteiger partial charge in [0.15, 0.2) is 0 Å². The van der Waals surface area contributed by atoms with Crippen molar-refractivity contribution in [2.75, 3.05) is 5.32 Å². The average molecular weight is 332 g/mol. The topological polar surface area (TPSA) is 77.6 Å². The number of hydrogen-bond donors (Lipinski definition) is 1. The van der Waals surface area contributed by atoms with Crippen molar-refractivity contribution in [3.8, 4) is 5.82 Å². The van der Waals surface area contributed by atoms with Crippen LogP contribution in [0.4, 0.5) is 5.82 Å². The molecule has 4 rings (SSSR count). The molecule has 0 aliphatic carbocycles. The Labute approximate surface area is 144 Å². The van der Waals surface area contributed by atoms with Gasteiger partial charge < -0.3 is 9.88 Å². The quantitative estimate of drug-likeness (QED) is 0.622. The normalized spacial score (nSPS) is 10.9. The smallest absolute Gasteiger partial charge is 0.230 e. The van der Waals surface area contributed by atoms with Gasteiger partial charge in [-0.3, -0.25) is 9.36 Å². The summed E-state index contributed by atoms with van der Waals surface area (Å²) in [7, 11) is 1.98. The lowest BCUT2D eigenvalue weighted by Gasteiger charge is -2.06. The van der Waals surface area contributed by atoms with Crippen molar-refractivity contribution in [3.05, 3.63) is 67.1 Å². The largest absolute Gasteiger partial charge is 0.350 e. The number of carbonyl (C=O) groups is 1. The number of nitrogens with zero attached hydrogens (tertiary/aromatic N) is 5. The number of aromatic nitrogens is 5. The zero-order valence-corrected chi connectivity index (χ0v) is 13.6. The zero-order valence-electron chi connectivity index (χ0n) is 13.6. The molecule has 7 heteroatoms. The van der Waals surface area contributed by atoms with Crippen LogP contribution in [0, 0.1) is 0 Å². The van der Waals surface area contributed by atoms with Crippen molar-refractivity contribution in [1.82, 2.24) is 24.1 Å². The Bertz CT molecular complexity index is 1030. The SMILES string of the molecule is Cn1cc(CC(=O)Nc2cc(-n3ccnc3)ncn2)c2ccccc21. The molecule has 0 aliphatic heterocycles. The first-order valence-corrected chi connectivity index (χ1v) is 7.84. The standard InChI is InChI=1S/C18H16N6O/c1-23-10-13(14-4-2-3-5-15(14)23)8-18(25)22-16-9-17(21-11-20-16)24-7-6-19-12-24/h2-7,9-12H,8H2,1H3,(H,20,21,22,25). The second kappa shape index (κ2) is 6.20. The number of aryl methyl sites for hydroxylation is 1. The van der Waals surface area contributed by atoms with E-state index >= 15 is 0 Å². The summed E-state index contributed by atoms with van der Waals surface area (Å²) in [5.41, 5.74) is 2.09. The van der Waals surface area contributed by atoms with Crippen molar-refractivity contribution in [3.63, 3.8) is 0 Å². The summed E-state index contributed by atoms with van der Waals surface area (Å²) in [6.07, 6.45) is 8.78. The Morgan fingerprint density at radius 3 is 2.96 bits per heavy atom. The molecule has 0 fully saturated rings. The monoisotopic (exact) mass is 332 g/mol. The van der Waals surface area contributed by atoms with Crippen LogP contribution in [0.1, 0.15) is 5.56 Å². The van der Waals surface area contributed by atoms with Crippen LogP contribution < -0.4 is 5.32 Å². The van der Waals surface area contributed by atoms with E-state index in [0.717, 1.165) is 16.5 Å². The minimum Gasteiger partial charge on any atom is -0.350 e. The molecule has 3 aromatic heterocycles. The van der Waals surface area contributed by atoms with Crippen LogP contribution in [0.25, 0.3) is 16.7 Å². The van der Waals surface area contributed by atoms with Gasteiger partial charge in [-0.1, -0.05) is 18.2 Å². The summed E-state index contributed by atoms with van der Waals surface area (Å²) < 4.78 is 3.78. The van der Waals surface area contributed by atoms with Crippen molar-refractivity contribution < 1.29 is 4.79 Å². The molecule has 0 spiro atoms. The lowest BCUT2D eigenvalue weighted by Crippen LogP contribution is -2.15. The number of rotatable bonds is 4. The van der Waals surface area contributed by atoms with Crippen LogP contribution in [0.3, 0.4) is 0 Å². The lowest BCUT2D eigenvalue weighted by molar-refractivity contribution is -0.115. The molecule has 0 bridgehead atoms. The average Bonchev–Trinajstić information content (AvgIpc) is 3.25. The molecule has 1 N–H and O–H groups in total. The van der Waals surface area contributed by atoms with Gasteiger partial charge in [0, 0.05) is 42.6 Å². The highest BCUT2D eigenvalue weighted by atomic mass is 16.1. The molecule has 0 unspecified atom stereocenters. The summed E-state index contributed by atoms with van der Waals surface area (Å²) in [6, 6.07) is 9.75. The van der Waals surface area contributed by atoms with E-state index in [-0.39, 0.29) is 12.3 Å². The fourth-order valence-electron chi connectivity index (χ4n) is 2.88. The van der Waals surface area contributed by atoms with Crippen LogP contribution in [-0.4, -0.2) is 30.0 Å². The van der Waals surface area contributed by atoms with E-state index in [9.17, 15) is 4.79 Å². The molecule has 25 heavy (non-hydrogen) atoms. The van der Waals surface area contributed by atoms with Gasteiger partial charge >= 0.3 is 0 Å². The molecule has 7 nitrogen and oxygen atoms in total. The van der Waals surface area contributed by atoms with E-state index in [0.29, 0.717) is 11.6 Å². The number of amides is 1. The number of nitrogens with one attached hydrogen (secondary N) is 1. The maximum atomic E-state index is 12.4. The number of para-hydroxylation sites is 1. The van der Waals surface area contributed by atoms with Crippen molar-refractivity contribution in [2.45, 2.75) is 6.42 Å². The Morgan fingerprint density at radius 2 is 2.12 bits per heavy atom. The number of anilines is 1. The van der Waals surface area contributed by atoms with Gasteiger partial charge in [0.05, 0.1) is 6.42 Å². The Balaban J connectivity index is 1.53. The number of benzene rings is 1. The first-order chi connectivity index (χ1) is 12.2. The summed E-state index contributed by atoms with van der Waals surface area (Å²) in [6.45, 7) is 0. The molecule has 0 radical (unpaired) electrons. The Kier molecular flexibility index (Phi) is 3.74. The highest BCUT2D eigenvalue weighted by Gasteiger charge is 2.11. The summed E-state index contributed by atoms with van der Waals surface area (Å²) in [4.78, 5) is 24.7. The van der Waals surface area contributed by atoms with Crippen LogP contribution in [0.2, 0.25) is 0 Å². The van der Waals surface area contributed by atoms with Gasteiger partial charge in [-0.2, -0.15) is 0 Å². The zero-order chi connectivity index (χ0) is 17.2. The maximum absolute atomic E-state index is 12.4. The van der Waals surface area contributed by atoms with Gasteiger partial charge in [-0.25, -0.2) is 15.0 Å². The van der Waals surface area contributed by atoms with Crippen LogP contribution >= 0.6 is 0 Å². The third kappa shape index (κ3) is 2.99. The highest BCUT2D eigenvalue weighted by molar-refractivity contribution is 5.95. The van der Waals surface area contributed by atoms with E-state index in [2.05, 4.69) is 20.3 Å². The van der Waals surface area contributed by atoms with E-state index in [1.165, 1.54) is 6.33 Å². The van der Waals surface area contributed by atoms with Gasteiger partial charge in [0.1, 0.15) is 24.3 Å². The molecule has 0 atom stereocenters. The molecule has 1 aromatic carbocycles. The number of carbonyl (C=O) groups excluding carboxylic acids is 1. The third-order valence-electron chi connectivity index (χ3n) is 4.02. The fourth-order valence-corrected chi connectivity index (χ4v) is 2.88. The van der Waals surface area contributed by atoms with Crippen molar-refractivity contribution in [1.29, 1.82) is 0 Å². The molecule has 4 aromatic rings. The maximum Gasteiger partial charge on any atom is 0.230 e. The lowest BCUT2D eigenvalue weighted by atomic mass is 10.1. The second-order valence-corrected chi connectivity index (χ2v) is 5.74. The van der Waals surface area contributed by atoms with E-state index in [1.807, 2.05) is 42.1 Å². The molecule has 0 aliphatic rings. The van der Waals surface area contributed by atoms with E-state index < -0.39 is 0 Å².